The standard InChI is InChI=1S/C55H39N/c1-55(2)53-32-39(27-29-47(53)48-30-28-42(33-54(48)55)56(40-17-5-3-6-18-40)41-19-7-4-8-20-41)50-35-52-45-23-13-11-21-43(45)49(34-51(52)46-24-14-12-22-44(46)50)38-26-25-36-15-9-10-16-37(36)31-38/h3-35H,1-2H3. The van der Waals surface area contributed by atoms with E-state index in [4.69, 9.17) is 0 Å². The zero-order chi connectivity index (χ0) is 37.4. The number of nitrogens with zero attached hydrogens (tertiary/aromatic N) is 1. The molecule has 0 atom stereocenters. The molecule has 0 aromatic heterocycles. The Labute approximate surface area is 327 Å². The fourth-order valence-corrected chi connectivity index (χ4v) is 9.42. The van der Waals surface area contributed by atoms with Gasteiger partial charge in [-0.2, -0.15) is 0 Å². The summed E-state index contributed by atoms with van der Waals surface area (Å²) in [5, 5.41) is 10.2. The van der Waals surface area contributed by atoms with E-state index in [1.165, 1.54) is 87.6 Å². The third-order valence-corrected chi connectivity index (χ3v) is 12.2. The van der Waals surface area contributed by atoms with Crippen molar-refractivity contribution in [2.45, 2.75) is 19.3 Å². The highest BCUT2D eigenvalue weighted by Crippen LogP contribution is 2.52. The van der Waals surface area contributed by atoms with Crippen LogP contribution in [0.2, 0.25) is 0 Å². The zero-order valence-electron chi connectivity index (χ0n) is 31.5. The van der Waals surface area contributed by atoms with Crippen molar-refractivity contribution in [3.63, 3.8) is 0 Å². The van der Waals surface area contributed by atoms with E-state index >= 15 is 0 Å². The first kappa shape index (κ1) is 32.5. The van der Waals surface area contributed by atoms with Crippen LogP contribution in [0.3, 0.4) is 0 Å². The molecular formula is C55H39N. The lowest BCUT2D eigenvalue weighted by atomic mass is 9.81. The second kappa shape index (κ2) is 12.5. The molecule has 264 valence electrons. The van der Waals surface area contributed by atoms with E-state index in [1.54, 1.807) is 0 Å². The number of benzene rings is 10. The summed E-state index contributed by atoms with van der Waals surface area (Å²) >= 11 is 0. The van der Waals surface area contributed by atoms with Gasteiger partial charge in [0.2, 0.25) is 0 Å². The fourth-order valence-electron chi connectivity index (χ4n) is 9.42. The molecule has 10 aromatic carbocycles. The van der Waals surface area contributed by atoms with E-state index < -0.39 is 0 Å². The molecule has 0 bridgehead atoms. The Morgan fingerprint density at radius 3 is 1.38 bits per heavy atom. The van der Waals surface area contributed by atoms with Gasteiger partial charge in [0, 0.05) is 22.5 Å². The molecule has 0 radical (unpaired) electrons. The first-order valence-electron chi connectivity index (χ1n) is 19.6. The van der Waals surface area contributed by atoms with Gasteiger partial charge in [0.1, 0.15) is 0 Å². The van der Waals surface area contributed by atoms with Gasteiger partial charge in [-0.05, 0) is 148 Å². The number of fused-ring (bicyclic) bond motifs is 9. The van der Waals surface area contributed by atoms with Gasteiger partial charge in [-0.3, -0.25) is 0 Å². The predicted molar refractivity (Wildman–Crippen MR) is 240 cm³/mol. The summed E-state index contributed by atoms with van der Waals surface area (Å²) in [5.41, 5.74) is 13.7. The number of hydrogen-bond donors (Lipinski definition) is 0. The van der Waals surface area contributed by atoms with Gasteiger partial charge in [-0.1, -0.05) is 153 Å². The number of anilines is 3. The van der Waals surface area contributed by atoms with E-state index in [0.29, 0.717) is 0 Å². The monoisotopic (exact) mass is 713 g/mol. The molecule has 0 amide bonds. The second-order valence-corrected chi connectivity index (χ2v) is 15.7. The molecule has 0 saturated carbocycles. The van der Waals surface area contributed by atoms with Gasteiger partial charge in [0.05, 0.1) is 0 Å². The van der Waals surface area contributed by atoms with Crippen LogP contribution in [0.15, 0.2) is 200 Å². The van der Waals surface area contributed by atoms with Crippen molar-refractivity contribution in [1.29, 1.82) is 0 Å². The highest BCUT2D eigenvalue weighted by Gasteiger charge is 2.36. The SMILES string of the molecule is CC1(C)c2cc(-c3cc4c5ccccc5c(-c5ccc6ccccc6c5)cc4c4ccccc34)ccc2-c2ccc(N(c3ccccc3)c3ccccc3)cc21. The quantitative estimate of drug-likeness (QED) is 0.161. The Morgan fingerprint density at radius 2 is 0.768 bits per heavy atom. The second-order valence-electron chi connectivity index (χ2n) is 15.7. The van der Waals surface area contributed by atoms with E-state index in [-0.39, 0.29) is 5.41 Å². The first-order chi connectivity index (χ1) is 27.5. The van der Waals surface area contributed by atoms with Gasteiger partial charge in [0.25, 0.3) is 0 Å². The smallest absolute Gasteiger partial charge is 0.0465 e. The Balaban J connectivity index is 1.07. The summed E-state index contributed by atoms with van der Waals surface area (Å²) in [5.74, 6) is 0. The van der Waals surface area contributed by atoms with E-state index in [0.717, 1.165) is 17.1 Å². The van der Waals surface area contributed by atoms with E-state index in [2.05, 4.69) is 219 Å². The molecule has 1 heteroatoms. The van der Waals surface area contributed by atoms with E-state index in [1.807, 2.05) is 0 Å². The highest BCUT2D eigenvalue weighted by molar-refractivity contribution is 6.24. The highest BCUT2D eigenvalue weighted by atomic mass is 15.1. The Morgan fingerprint density at radius 1 is 0.304 bits per heavy atom. The molecule has 11 rings (SSSR count). The minimum absolute atomic E-state index is 0.191. The molecule has 56 heavy (non-hydrogen) atoms. The summed E-state index contributed by atoms with van der Waals surface area (Å²) in [6, 6.07) is 73.9. The topological polar surface area (TPSA) is 3.24 Å². The molecule has 0 N–H and O–H groups in total. The molecule has 1 aliphatic carbocycles. The average Bonchev–Trinajstić information content (AvgIpc) is 3.48. The van der Waals surface area contributed by atoms with Gasteiger partial charge in [-0.25, -0.2) is 0 Å². The van der Waals surface area contributed by atoms with Crippen LogP contribution in [0.4, 0.5) is 17.1 Å². The van der Waals surface area contributed by atoms with Crippen LogP contribution in [0.5, 0.6) is 0 Å². The van der Waals surface area contributed by atoms with Crippen molar-refractivity contribution in [3.8, 4) is 33.4 Å². The van der Waals surface area contributed by atoms with Gasteiger partial charge in [0.15, 0.2) is 0 Å². The van der Waals surface area contributed by atoms with Crippen LogP contribution < -0.4 is 4.90 Å². The lowest BCUT2D eigenvalue weighted by molar-refractivity contribution is 0.660. The zero-order valence-corrected chi connectivity index (χ0v) is 31.5. The largest absolute Gasteiger partial charge is 0.310 e. The lowest BCUT2D eigenvalue weighted by Gasteiger charge is -2.28. The molecule has 10 aromatic rings. The number of hydrogen-bond acceptors (Lipinski definition) is 1. The van der Waals surface area contributed by atoms with Crippen LogP contribution in [-0.4, -0.2) is 0 Å². The average molecular weight is 714 g/mol. The van der Waals surface area contributed by atoms with Gasteiger partial charge >= 0.3 is 0 Å². The van der Waals surface area contributed by atoms with Crippen molar-refractivity contribution in [2.75, 3.05) is 4.90 Å². The minimum atomic E-state index is -0.191. The molecule has 0 fully saturated rings. The van der Waals surface area contributed by atoms with Crippen LogP contribution in [-0.2, 0) is 5.41 Å². The van der Waals surface area contributed by atoms with Crippen molar-refractivity contribution in [3.05, 3.63) is 211 Å². The maximum Gasteiger partial charge on any atom is 0.0465 e. The van der Waals surface area contributed by atoms with Crippen LogP contribution >= 0.6 is 0 Å². The van der Waals surface area contributed by atoms with Crippen molar-refractivity contribution in [2.24, 2.45) is 0 Å². The third-order valence-electron chi connectivity index (χ3n) is 12.2. The van der Waals surface area contributed by atoms with Crippen LogP contribution in [0.1, 0.15) is 25.0 Å². The Hall–Kier alpha value is -6.96. The fraction of sp³-hybridized carbons (Fsp3) is 0.0545. The molecule has 0 unspecified atom stereocenters. The van der Waals surface area contributed by atoms with Crippen LogP contribution in [0, 0.1) is 0 Å². The molecular weight excluding hydrogens is 675 g/mol. The summed E-state index contributed by atoms with van der Waals surface area (Å²) in [7, 11) is 0. The molecule has 0 spiro atoms. The summed E-state index contributed by atoms with van der Waals surface area (Å²) in [6.45, 7) is 4.78. The summed E-state index contributed by atoms with van der Waals surface area (Å²) in [6.07, 6.45) is 0. The maximum absolute atomic E-state index is 2.47. The normalized spacial score (nSPS) is 13.0. The van der Waals surface area contributed by atoms with Crippen molar-refractivity contribution >= 4 is 60.2 Å². The number of para-hydroxylation sites is 2. The third kappa shape index (κ3) is 5.01. The first-order valence-corrected chi connectivity index (χ1v) is 19.6. The molecule has 1 aliphatic rings. The van der Waals surface area contributed by atoms with Gasteiger partial charge < -0.3 is 4.90 Å². The minimum Gasteiger partial charge on any atom is -0.310 e. The van der Waals surface area contributed by atoms with Crippen LogP contribution in [0.25, 0.3) is 76.5 Å². The summed E-state index contributed by atoms with van der Waals surface area (Å²) in [4.78, 5) is 2.36. The molecule has 0 aliphatic heterocycles. The van der Waals surface area contributed by atoms with Gasteiger partial charge in [-0.15, -0.1) is 0 Å². The van der Waals surface area contributed by atoms with E-state index in [9.17, 15) is 0 Å². The Bertz CT molecular complexity index is 3120. The molecule has 0 saturated heterocycles. The van der Waals surface area contributed by atoms with Crippen molar-refractivity contribution < 1.29 is 0 Å². The predicted octanol–water partition coefficient (Wildman–Crippen LogP) is 15.4. The maximum atomic E-state index is 2.47. The molecule has 0 heterocycles. The lowest BCUT2D eigenvalue weighted by Crippen LogP contribution is -2.16. The Kier molecular flexibility index (Phi) is 7.28. The van der Waals surface area contributed by atoms with Crippen molar-refractivity contribution in [1.82, 2.24) is 0 Å². The number of rotatable bonds is 5. The summed E-state index contributed by atoms with van der Waals surface area (Å²) < 4.78 is 0. The molecule has 1 nitrogen and oxygen atoms in total.